The lowest BCUT2D eigenvalue weighted by Crippen LogP contribution is -2.33. The smallest absolute Gasteiger partial charge is 0.328 e. The molecule has 24 heavy (non-hydrogen) atoms. The van der Waals surface area contributed by atoms with Gasteiger partial charge in [-0.2, -0.15) is 11.8 Å². The van der Waals surface area contributed by atoms with Crippen molar-refractivity contribution in [2.24, 2.45) is 5.73 Å². The van der Waals surface area contributed by atoms with Crippen LogP contribution in [0.1, 0.15) is 23.6 Å². The summed E-state index contributed by atoms with van der Waals surface area (Å²) >= 11 is 1.35. The topological polar surface area (TPSA) is 102 Å². The van der Waals surface area contributed by atoms with Crippen LogP contribution in [0.15, 0.2) is 12.1 Å². The fourth-order valence-electron chi connectivity index (χ4n) is 2.02. The Hall–Kier alpha value is -1.73. The molecule has 0 bridgehead atoms. The van der Waals surface area contributed by atoms with Crippen molar-refractivity contribution < 1.29 is 19.4 Å². The van der Waals surface area contributed by atoms with E-state index in [0.717, 1.165) is 16.8 Å². The molecule has 6 nitrogen and oxygen atoms in total. The molecular weight excluding hydrogens is 328 g/mol. The minimum absolute atomic E-state index is 0.230. The Morgan fingerprint density at radius 1 is 1.25 bits per heavy atom. The molecule has 4 N–H and O–H groups in total. The third kappa shape index (κ3) is 6.41. The zero-order valence-electron chi connectivity index (χ0n) is 14.6. The number of carbonyl (C=O) groups excluding carboxylic acids is 1. The Morgan fingerprint density at radius 2 is 1.88 bits per heavy atom. The second-order valence-corrected chi connectivity index (χ2v) is 6.95. The molecule has 2 atom stereocenters. The van der Waals surface area contributed by atoms with Crippen molar-refractivity contribution in [3.63, 3.8) is 0 Å². The van der Waals surface area contributed by atoms with Crippen LogP contribution in [0.4, 0.5) is 5.69 Å². The van der Waals surface area contributed by atoms with Gasteiger partial charge in [0.25, 0.3) is 0 Å². The summed E-state index contributed by atoms with van der Waals surface area (Å²) < 4.78 is 5.20. The first kappa shape index (κ1) is 20.3. The summed E-state index contributed by atoms with van der Waals surface area (Å²) in [5.41, 5.74) is 9.77. The Balaban J connectivity index is 2.38. The molecule has 7 heteroatoms. The van der Waals surface area contributed by atoms with E-state index in [9.17, 15) is 9.59 Å². The molecular formula is C17H26N2O4S. The van der Waals surface area contributed by atoms with E-state index in [1.165, 1.54) is 17.3 Å². The number of esters is 1. The lowest BCUT2D eigenvalue weighted by Gasteiger charge is -2.17. The molecule has 0 aliphatic rings. The van der Waals surface area contributed by atoms with Gasteiger partial charge >= 0.3 is 11.9 Å². The van der Waals surface area contributed by atoms with E-state index in [1.807, 2.05) is 19.9 Å². The quantitative estimate of drug-likeness (QED) is 0.461. The number of aryl methyl sites for hydroxylation is 3. The number of benzene rings is 1. The van der Waals surface area contributed by atoms with Gasteiger partial charge in [-0.15, -0.1) is 0 Å². The van der Waals surface area contributed by atoms with Crippen LogP contribution >= 0.6 is 11.8 Å². The fraction of sp³-hybridized carbons (Fsp3) is 0.529. The van der Waals surface area contributed by atoms with E-state index < -0.39 is 18.1 Å². The molecule has 0 amide bonds. The first-order valence-corrected chi connectivity index (χ1v) is 8.95. The van der Waals surface area contributed by atoms with Gasteiger partial charge in [-0.1, -0.05) is 6.07 Å². The average molecular weight is 354 g/mol. The molecule has 1 aromatic carbocycles. The predicted octanol–water partition coefficient (Wildman–Crippen LogP) is 2.10. The molecule has 0 aliphatic carbocycles. The van der Waals surface area contributed by atoms with Crippen molar-refractivity contribution in [2.75, 3.05) is 23.4 Å². The highest BCUT2D eigenvalue weighted by Crippen LogP contribution is 2.21. The van der Waals surface area contributed by atoms with E-state index in [4.69, 9.17) is 15.6 Å². The van der Waals surface area contributed by atoms with Crippen molar-refractivity contribution in [3.8, 4) is 0 Å². The van der Waals surface area contributed by atoms with Crippen molar-refractivity contribution in [1.82, 2.24) is 0 Å². The summed E-state index contributed by atoms with van der Waals surface area (Å²) in [6.45, 7) is 8.06. The van der Waals surface area contributed by atoms with Gasteiger partial charge in [-0.3, -0.25) is 4.79 Å². The van der Waals surface area contributed by atoms with Gasteiger partial charge in [-0.05, 0) is 50.5 Å². The fourth-order valence-corrected chi connectivity index (χ4v) is 2.78. The number of rotatable bonds is 9. The van der Waals surface area contributed by atoms with Crippen LogP contribution in [0.3, 0.4) is 0 Å². The monoisotopic (exact) mass is 354 g/mol. The minimum Gasteiger partial charge on any atom is -0.480 e. The van der Waals surface area contributed by atoms with Crippen LogP contribution < -0.4 is 11.1 Å². The Bertz CT molecular complexity index is 592. The molecule has 134 valence electrons. The third-order valence-corrected chi connectivity index (χ3v) is 4.70. The minimum atomic E-state index is -1.03. The predicted molar refractivity (Wildman–Crippen MR) is 97.6 cm³/mol. The number of nitrogens with two attached hydrogens (primary N) is 1. The Labute approximate surface area is 147 Å². The second-order valence-electron chi connectivity index (χ2n) is 5.80. The molecule has 0 fully saturated rings. The standard InChI is InChI=1S/C17H26N2O4S/c1-10-7-12(3)15(8-11(10)2)19-13(4)17(22)23-5-6-24-9-14(18)16(20)21/h7-8,13-14,19H,5-6,9,18H2,1-4H3,(H,20,21)/t13-,14?/m0/s1. The number of carbonyl (C=O) groups is 2. The summed E-state index contributed by atoms with van der Waals surface area (Å²) in [4.78, 5) is 22.6. The highest BCUT2D eigenvalue weighted by Gasteiger charge is 2.16. The van der Waals surface area contributed by atoms with Gasteiger partial charge in [0.2, 0.25) is 0 Å². The summed E-state index contributed by atoms with van der Waals surface area (Å²) in [6, 6.07) is 2.76. The molecule has 1 unspecified atom stereocenters. The van der Waals surface area contributed by atoms with Crippen LogP contribution in [0.25, 0.3) is 0 Å². The summed E-state index contributed by atoms with van der Waals surface area (Å²) in [5.74, 6) is -0.554. The van der Waals surface area contributed by atoms with Crippen molar-refractivity contribution >= 4 is 29.4 Å². The van der Waals surface area contributed by atoms with E-state index in [-0.39, 0.29) is 12.6 Å². The summed E-state index contributed by atoms with van der Waals surface area (Å²) in [5, 5.41) is 11.8. The first-order chi connectivity index (χ1) is 11.2. The van der Waals surface area contributed by atoms with Crippen molar-refractivity contribution in [2.45, 2.75) is 39.8 Å². The van der Waals surface area contributed by atoms with E-state index in [1.54, 1.807) is 6.92 Å². The Kier molecular flexibility index (Phi) is 8.07. The van der Waals surface area contributed by atoms with Gasteiger partial charge in [0.1, 0.15) is 18.7 Å². The number of thioether (sulfide) groups is 1. The summed E-state index contributed by atoms with van der Waals surface area (Å²) in [7, 11) is 0. The lowest BCUT2D eigenvalue weighted by molar-refractivity contribution is -0.143. The molecule has 1 rings (SSSR count). The maximum Gasteiger partial charge on any atom is 0.328 e. The maximum absolute atomic E-state index is 12.0. The highest BCUT2D eigenvalue weighted by molar-refractivity contribution is 7.99. The number of hydrogen-bond donors (Lipinski definition) is 3. The van der Waals surface area contributed by atoms with Crippen LogP contribution in [-0.2, 0) is 14.3 Å². The molecule has 0 heterocycles. The number of carboxylic acids is 1. The number of carboxylic acid groups (broad SMARTS) is 1. The van der Waals surface area contributed by atoms with Gasteiger partial charge in [-0.25, -0.2) is 4.79 Å². The van der Waals surface area contributed by atoms with E-state index in [2.05, 4.69) is 18.3 Å². The molecule has 0 aliphatic heterocycles. The second kappa shape index (κ2) is 9.54. The van der Waals surface area contributed by atoms with Gasteiger partial charge in [0, 0.05) is 17.2 Å². The largest absolute Gasteiger partial charge is 0.480 e. The first-order valence-electron chi connectivity index (χ1n) is 7.79. The van der Waals surface area contributed by atoms with E-state index >= 15 is 0 Å². The normalized spacial score (nSPS) is 13.2. The zero-order valence-corrected chi connectivity index (χ0v) is 15.4. The highest BCUT2D eigenvalue weighted by atomic mass is 32.2. The Morgan fingerprint density at radius 3 is 2.50 bits per heavy atom. The SMILES string of the molecule is Cc1cc(C)c(N[C@@H](C)C(=O)OCCSCC(N)C(=O)O)cc1C. The van der Waals surface area contributed by atoms with Crippen LogP contribution in [-0.4, -0.2) is 47.2 Å². The summed E-state index contributed by atoms with van der Waals surface area (Å²) in [6.07, 6.45) is 0. The van der Waals surface area contributed by atoms with Crippen molar-refractivity contribution in [1.29, 1.82) is 0 Å². The van der Waals surface area contributed by atoms with Gasteiger partial charge < -0.3 is 20.9 Å². The molecule has 0 saturated carbocycles. The molecule has 0 saturated heterocycles. The van der Waals surface area contributed by atoms with Crippen LogP contribution in [0, 0.1) is 20.8 Å². The molecule has 0 radical (unpaired) electrons. The maximum atomic E-state index is 12.0. The van der Waals surface area contributed by atoms with E-state index in [0.29, 0.717) is 11.5 Å². The molecule has 0 spiro atoms. The lowest BCUT2D eigenvalue weighted by atomic mass is 10.0. The number of anilines is 1. The van der Waals surface area contributed by atoms with Crippen molar-refractivity contribution in [3.05, 3.63) is 28.8 Å². The van der Waals surface area contributed by atoms with Gasteiger partial charge in [0.15, 0.2) is 0 Å². The number of aliphatic carboxylic acids is 1. The number of nitrogens with one attached hydrogen (secondary N) is 1. The molecule has 1 aromatic rings. The molecule has 0 aromatic heterocycles. The zero-order chi connectivity index (χ0) is 18.3. The van der Waals surface area contributed by atoms with Crippen LogP contribution in [0.2, 0.25) is 0 Å². The van der Waals surface area contributed by atoms with Gasteiger partial charge in [0.05, 0.1) is 0 Å². The third-order valence-electron chi connectivity index (χ3n) is 3.65. The van der Waals surface area contributed by atoms with Crippen LogP contribution in [0.5, 0.6) is 0 Å². The average Bonchev–Trinajstić information content (AvgIpc) is 2.51. The number of ether oxygens (including phenoxy) is 1. The number of hydrogen-bond acceptors (Lipinski definition) is 6.